The number of hydrogen-bond acceptors (Lipinski definition) is 5. The molecule has 1 aromatic rings. The van der Waals surface area contributed by atoms with Crippen LogP contribution in [0.1, 0.15) is 13.3 Å². The highest BCUT2D eigenvalue weighted by Gasteiger charge is 2.11. The largest absolute Gasteiger partial charge is 0.493 e. The lowest BCUT2D eigenvalue weighted by Crippen LogP contribution is -2.18. The molecule has 1 aromatic carbocycles. The van der Waals surface area contributed by atoms with Gasteiger partial charge in [0.05, 0.1) is 25.6 Å². The molecule has 2 unspecified atom stereocenters. The zero-order chi connectivity index (χ0) is 14.4. The molecule has 5 nitrogen and oxygen atoms in total. The van der Waals surface area contributed by atoms with Gasteiger partial charge in [-0.25, -0.2) is 0 Å². The summed E-state index contributed by atoms with van der Waals surface area (Å²) < 4.78 is 21.5. The van der Waals surface area contributed by atoms with E-state index in [1.165, 1.54) is 0 Å². The van der Waals surface area contributed by atoms with Gasteiger partial charge in [0.1, 0.15) is 0 Å². The number of benzene rings is 1. The Bertz CT molecular complexity index is 452. The van der Waals surface area contributed by atoms with Gasteiger partial charge in [-0.2, -0.15) is 0 Å². The van der Waals surface area contributed by atoms with E-state index in [1.807, 2.05) is 13.0 Å². The molecule has 19 heavy (non-hydrogen) atoms. The minimum atomic E-state index is -0.777. The van der Waals surface area contributed by atoms with Crippen LogP contribution in [0, 0.1) is 0 Å². The normalized spacial score (nSPS) is 13.7. The number of anilines is 2. The first-order valence-electron chi connectivity index (χ1n) is 6.06. The van der Waals surface area contributed by atoms with E-state index in [1.54, 1.807) is 26.5 Å². The Morgan fingerprint density at radius 1 is 1.32 bits per heavy atom. The van der Waals surface area contributed by atoms with Crippen LogP contribution in [-0.2, 0) is 10.8 Å². The topological polar surface area (TPSA) is 73.6 Å². The maximum atomic E-state index is 11.1. The minimum Gasteiger partial charge on any atom is -0.493 e. The predicted molar refractivity (Wildman–Crippen MR) is 80.6 cm³/mol. The summed E-state index contributed by atoms with van der Waals surface area (Å²) in [6, 6.07) is 3.73. The first-order valence-corrected chi connectivity index (χ1v) is 7.78. The van der Waals surface area contributed by atoms with Gasteiger partial charge < -0.3 is 20.5 Å². The van der Waals surface area contributed by atoms with Crippen molar-refractivity contribution in [3.05, 3.63) is 12.1 Å². The van der Waals surface area contributed by atoms with Gasteiger partial charge in [0, 0.05) is 41.0 Å². The maximum absolute atomic E-state index is 11.1. The highest BCUT2D eigenvalue weighted by molar-refractivity contribution is 7.84. The summed E-state index contributed by atoms with van der Waals surface area (Å²) >= 11 is 0. The Balaban J connectivity index is 2.80. The zero-order valence-electron chi connectivity index (χ0n) is 11.9. The quantitative estimate of drug-likeness (QED) is 0.748. The lowest BCUT2D eigenvalue weighted by molar-refractivity contribution is 0.355. The van der Waals surface area contributed by atoms with Crippen molar-refractivity contribution in [2.75, 3.05) is 37.3 Å². The molecule has 0 aliphatic rings. The first-order chi connectivity index (χ1) is 8.97. The van der Waals surface area contributed by atoms with Crippen LogP contribution in [0.4, 0.5) is 11.4 Å². The molecule has 1 rings (SSSR count). The lowest BCUT2D eigenvalue weighted by Gasteiger charge is -2.18. The van der Waals surface area contributed by atoms with E-state index in [0.29, 0.717) is 22.9 Å². The molecule has 0 radical (unpaired) electrons. The molecule has 2 atom stereocenters. The van der Waals surface area contributed by atoms with Crippen molar-refractivity contribution in [1.82, 2.24) is 0 Å². The smallest absolute Gasteiger partial charge is 0.162 e. The van der Waals surface area contributed by atoms with Crippen molar-refractivity contribution in [3.8, 4) is 11.5 Å². The van der Waals surface area contributed by atoms with Gasteiger partial charge in [-0.15, -0.1) is 0 Å². The molecule has 0 spiro atoms. The monoisotopic (exact) mass is 286 g/mol. The number of hydrogen-bond donors (Lipinski definition) is 2. The minimum absolute atomic E-state index is 0.185. The highest BCUT2D eigenvalue weighted by Crippen LogP contribution is 2.35. The molecule has 108 valence electrons. The van der Waals surface area contributed by atoms with Crippen molar-refractivity contribution < 1.29 is 13.7 Å². The van der Waals surface area contributed by atoms with Gasteiger partial charge in [0.25, 0.3) is 0 Å². The molecule has 3 N–H and O–H groups in total. The summed E-state index contributed by atoms with van der Waals surface area (Å²) in [5.41, 5.74) is 7.36. The van der Waals surface area contributed by atoms with E-state index >= 15 is 0 Å². The summed E-state index contributed by atoms with van der Waals surface area (Å²) in [6.45, 7) is 2.03. The number of rotatable bonds is 7. The Morgan fingerprint density at radius 3 is 2.42 bits per heavy atom. The van der Waals surface area contributed by atoms with Gasteiger partial charge in [0.15, 0.2) is 11.5 Å². The molecule has 0 aliphatic heterocycles. The molecule has 0 amide bonds. The van der Waals surface area contributed by atoms with E-state index in [0.717, 1.165) is 12.1 Å². The SMILES string of the molecule is COc1cc(N)c(NC(C)CCS(C)=O)cc1OC. The number of nitrogens with two attached hydrogens (primary N) is 1. The summed E-state index contributed by atoms with van der Waals surface area (Å²) in [6.07, 6.45) is 2.52. The molecule has 6 heteroatoms. The molecule has 0 heterocycles. The Kier molecular flexibility index (Phi) is 5.95. The molecule has 0 saturated heterocycles. The van der Waals surface area contributed by atoms with Crippen molar-refractivity contribution in [1.29, 1.82) is 0 Å². The van der Waals surface area contributed by atoms with Gasteiger partial charge in [-0.3, -0.25) is 4.21 Å². The van der Waals surface area contributed by atoms with Gasteiger partial charge in [0.2, 0.25) is 0 Å². The van der Waals surface area contributed by atoms with Crippen LogP contribution in [0.3, 0.4) is 0 Å². The number of nitrogen functional groups attached to an aromatic ring is 1. The highest BCUT2D eigenvalue weighted by atomic mass is 32.2. The van der Waals surface area contributed by atoms with E-state index in [-0.39, 0.29) is 6.04 Å². The van der Waals surface area contributed by atoms with Crippen molar-refractivity contribution >= 4 is 22.2 Å². The van der Waals surface area contributed by atoms with Crippen LogP contribution in [0.5, 0.6) is 11.5 Å². The van der Waals surface area contributed by atoms with Gasteiger partial charge in [-0.1, -0.05) is 0 Å². The van der Waals surface area contributed by atoms with Crippen molar-refractivity contribution in [3.63, 3.8) is 0 Å². The van der Waals surface area contributed by atoms with Crippen LogP contribution in [0.2, 0.25) is 0 Å². The molecule has 0 bridgehead atoms. The van der Waals surface area contributed by atoms with Crippen LogP contribution < -0.4 is 20.5 Å². The van der Waals surface area contributed by atoms with Crippen LogP contribution in [0.25, 0.3) is 0 Å². The van der Waals surface area contributed by atoms with Crippen molar-refractivity contribution in [2.45, 2.75) is 19.4 Å². The summed E-state index contributed by atoms with van der Waals surface area (Å²) in [4.78, 5) is 0. The molecular formula is C13H22N2O3S. The molecule has 0 aromatic heterocycles. The molecule has 0 aliphatic carbocycles. The maximum Gasteiger partial charge on any atom is 0.162 e. The first kappa shape index (κ1) is 15.6. The fraction of sp³-hybridized carbons (Fsp3) is 0.538. The zero-order valence-corrected chi connectivity index (χ0v) is 12.7. The van der Waals surface area contributed by atoms with Crippen LogP contribution >= 0.6 is 0 Å². The van der Waals surface area contributed by atoms with E-state index < -0.39 is 10.8 Å². The lowest BCUT2D eigenvalue weighted by atomic mass is 10.2. The third-order valence-electron chi connectivity index (χ3n) is 2.80. The third-order valence-corrected chi connectivity index (χ3v) is 3.61. The fourth-order valence-electron chi connectivity index (χ4n) is 1.70. The third kappa shape index (κ3) is 4.63. The van der Waals surface area contributed by atoms with E-state index in [9.17, 15) is 4.21 Å². The molecule has 0 fully saturated rings. The van der Waals surface area contributed by atoms with E-state index in [4.69, 9.17) is 15.2 Å². The molecular weight excluding hydrogens is 264 g/mol. The van der Waals surface area contributed by atoms with E-state index in [2.05, 4.69) is 5.32 Å². The Labute approximate surface area is 116 Å². The summed E-state index contributed by atoms with van der Waals surface area (Å²) in [7, 11) is 2.38. The number of ether oxygens (including phenoxy) is 2. The summed E-state index contributed by atoms with van der Waals surface area (Å²) in [5.74, 6) is 1.90. The number of methoxy groups -OCH3 is 2. The van der Waals surface area contributed by atoms with Crippen LogP contribution in [0.15, 0.2) is 12.1 Å². The predicted octanol–water partition coefficient (Wildman–Crippen LogP) is 1.86. The second-order valence-electron chi connectivity index (χ2n) is 4.41. The Hall–Kier alpha value is -1.43. The number of nitrogens with one attached hydrogen (secondary N) is 1. The van der Waals surface area contributed by atoms with Crippen molar-refractivity contribution in [2.24, 2.45) is 0 Å². The standard InChI is InChI=1S/C13H22N2O3S/c1-9(5-6-19(4)16)15-11-8-13(18-3)12(17-2)7-10(11)14/h7-9,15H,5-6,14H2,1-4H3. The average molecular weight is 286 g/mol. The molecule has 0 saturated carbocycles. The Morgan fingerprint density at radius 2 is 1.89 bits per heavy atom. The second-order valence-corrected chi connectivity index (χ2v) is 5.96. The van der Waals surface area contributed by atoms with Crippen LogP contribution in [-0.4, -0.2) is 36.5 Å². The summed E-state index contributed by atoms with van der Waals surface area (Å²) in [5, 5.41) is 3.30. The average Bonchev–Trinajstić information content (AvgIpc) is 2.38. The van der Waals surface area contributed by atoms with Gasteiger partial charge >= 0.3 is 0 Å². The fourth-order valence-corrected chi connectivity index (χ4v) is 2.39. The second kappa shape index (κ2) is 7.23. The van der Waals surface area contributed by atoms with Gasteiger partial charge in [-0.05, 0) is 13.3 Å².